The van der Waals surface area contributed by atoms with Gasteiger partial charge in [-0.15, -0.1) is 0 Å². The van der Waals surface area contributed by atoms with Gasteiger partial charge in [-0.25, -0.2) is 4.99 Å². The van der Waals surface area contributed by atoms with E-state index in [9.17, 15) is 0 Å². The van der Waals surface area contributed by atoms with Crippen LogP contribution in [0.2, 0.25) is 0 Å². The number of guanidine groups is 1. The van der Waals surface area contributed by atoms with Gasteiger partial charge in [-0.3, -0.25) is 0 Å². The fraction of sp³-hybridized carbons (Fsp3) is 0.682. The average Bonchev–Trinajstić information content (AvgIpc) is 3.47. The molecule has 2 heterocycles. The van der Waals surface area contributed by atoms with Gasteiger partial charge >= 0.3 is 0 Å². The quantitative estimate of drug-likeness (QED) is 0.582. The van der Waals surface area contributed by atoms with Gasteiger partial charge in [0.1, 0.15) is 17.6 Å². The molecule has 6 heteroatoms. The summed E-state index contributed by atoms with van der Waals surface area (Å²) in [6.45, 7) is 8.05. The van der Waals surface area contributed by atoms with Gasteiger partial charge in [0.25, 0.3) is 0 Å². The molecule has 1 saturated heterocycles. The van der Waals surface area contributed by atoms with Crippen molar-refractivity contribution < 1.29 is 9.47 Å². The second kappa shape index (κ2) is 8.60. The molecule has 1 unspecified atom stereocenters. The molecule has 0 aromatic heterocycles. The summed E-state index contributed by atoms with van der Waals surface area (Å²) in [5.74, 6) is 2.77. The van der Waals surface area contributed by atoms with Crippen LogP contribution in [0, 0.1) is 0 Å². The van der Waals surface area contributed by atoms with Crippen LogP contribution in [0.5, 0.6) is 11.5 Å². The Labute approximate surface area is 168 Å². The molecule has 0 amide bonds. The molecule has 2 N–H and O–H groups in total. The third-order valence-electron chi connectivity index (χ3n) is 5.98. The summed E-state index contributed by atoms with van der Waals surface area (Å²) in [4.78, 5) is 7.49. The number of nitrogens with zero attached hydrogens (tertiary/aromatic N) is 2. The number of nitrogens with one attached hydrogen (secondary N) is 2. The van der Waals surface area contributed by atoms with Crippen LogP contribution in [0.3, 0.4) is 0 Å². The summed E-state index contributed by atoms with van der Waals surface area (Å²) in [5, 5.41) is 7.04. The third kappa shape index (κ3) is 4.54. The number of aliphatic imine (C=N–C) groups is 1. The minimum absolute atomic E-state index is 0.235. The maximum atomic E-state index is 5.92. The Bertz CT molecular complexity index is 709. The number of methoxy groups -OCH3 is 1. The molecule has 6 nitrogen and oxygen atoms in total. The Hall–Kier alpha value is -1.95. The SMILES string of the molecule is CCNC(=NCc1cc2c(cc1OC)CC(C)O2)NC1CCN(C2CC2)CC1. The van der Waals surface area contributed by atoms with Gasteiger partial charge in [0, 0.05) is 49.3 Å². The van der Waals surface area contributed by atoms with Gasteiger partial charge in [-0.1, -0.05) is 0 Å². The molecule has 1 saturated carbocycles. The summed E-state index contributed by atoms with van der Waals surface area (Å²) in [5.41, 5.74) is 2.29. The van der Waals surface area contributed by atoms with E-state index < -0.39 is 0 Å². The van der Waals surface area contributed by atoms with Gasteiger partial charge < -0.3 is 25.0 Å². The summed E-state index contributed by atoms with van der Waals surface area (Å²) in [6, 6.07) is 5.58. The first-order valence-corrected chi connectivity index (χ1v) is 10.8. The molecule has 154 valence electrons. The number of benzene rings is 1. The Morgan fingerprint density at radius 3 is 2.71 bits per heavy atom. The van der Waals surface area contributed by atoms with E-state index in [1.165, 1.54) is 44.3 Å². The molecular formula is C22H34N4O2. The number of rotatable bonds is 6. The molecular weight excluding hydrogens is 352 g/mol. The molecule has 3 aliphatic rings. The van der Waals surface area contributed by atoms with Crippen molar-refractivity contribution >= 4 is 5.96 Å². The second-order valence-electron chi connectivity index (χ2n) is 8.29. The number of likely N-dealkylation sites (tertiary alicyclic amines) is 1. The van der Waals surface area contributed by atoms with Crippen molar-refractivity contribution in [1.29, 1.82) is 0 Å². The van der Waals surface area contributed by atoms with E-state index >= 15 is 0 Å². The zero-order chi connectivity index (χ0) is 19.5. The molecule has 2 aliphatic heterocycles. The van der Waals surface area contributed by atoms with Crippen molar-refractivity contribution in [2.24, 2.45) is 4.99 Å². The maximum absolute atomic E-state index is 5.92. The molecule has 1 atom stereocenters. The zero-order valence-corrected chi connectivity index (χ0v) is 17.5. The first-order valence-electron chi connectivity index (χ1n) is 10.8. The number of ether oxygens (including phenoxy) is 2. The van der Waals surface area contributed by atoms with E-state index in [4.69, 9.17) is 14.5 Å². The number of hydrogen-bond donors (Lipinski definition) is 2. The Kier molecular flexibility index (Phi) is 5.95. The average molecular weight is 387 g/mol. The van der Waals surface area contributed by atoms with E-state index in [-0.39, 0.29) is 6.10 Å². The Balaban J connectivity index is 1.40. The van der Waals surface area contributed by atoms with Crippen LogP contribution in [-0.4, -0.2) is 55.8 Å². The lowest BCUT2D eigenvalue weighted by Crippen LogP contribution is -2.49. The van der Waals surface area contributed by atoms with Gasteiger partial charge in [-0.05, 0) is 51.7 Å². The fourth-order valence-corrected chi connectivity index (χ4v) is 4.32. The summed E-state index contributed by atoms with van der Waals surface area (Å²) >= 11 is 0. The van der Waals surface area contributed by atoms with Crippen LogP contribution < -0.4 is 20.1 Å². The normalized spacial score (nSPS) is 23.2. The summed E-state index contributed by atoms with van der Waals surface area (Å²) in [7, 11) is 1.73. The van der Waals surface area contributed by atoms with Crippen LogP contribution in [0.25, 0.3) is 0 Å². The van der Waals surface area contributed by atoms with Crippen LogP contribution in [0.4, 0.5) is 0 Å². The number of fused-ring (bicyclic) bond motifs is 1. The van der Waals surface area contributed by atoms with E-state index in [1.807, 2.05) is 0 Å². The van der Waals surface area contributed by atoms with Crippen molar-refractivity contribution in [3.63, 3.8) is 0 Å². The monoisotopic (exact) mass is 386 g/mol. The second-order valence-corrected chi connectivity index (χ2v) is 8.29. The molecule has 0 radical (unpaired) electrons. The molecule has 1 aromatic carbocycles. The standard InChI is InChI=1S/C22H34N4O2/c1-4-23-22(25-18-7-9-26(10-8-18)19-5-6-19)24-14-17-13-21-16(11-15(2)28-21)12-20(17)27-3/h12-13,15,18-19H,4-11,14H2,1-3H3,(H2,23,24,25). The lowest BCUT2D eigenvalue weighted by atomic mass is 10.1. The topological polar surface area (TPSA) is 58.1 Å². The molecule has 2 fully saturated rings. The van der Waals surface area contributed by atoms with E-state index in [1.54, 1.807) is 7.11 Å². The lowest BCUT2D eigenvalue weighted by molar-refractivity contribution is 0.197. The van der Waals surface area contributed by atoms with E-state index in [0.29, 0.717) is 12.6 Å². The molecule has 1 aliphatic carbocycles. The first kappa shape index (κ1) is 19.4. The minimum Gasteiger partial charge on any atom is -0.496 e. The highest BCUT2D eigenvalue weighted by Crippen LogP contribution is 2.35. The third-order valence-corrected chi connectivity index (χ3v) is 5.98. The van der Waals surface area contributed by atoms with Gasteiger partial charge in [0.15, 0.2) is 5.96 Å². The van der Waals surface area contributed by atoms with Crippen molar-refractivity contribution in [2.75, 3.05) is 26.7 Å². The smallest absolute Gasteiger partial charge is 0.191 e. The molecule has 1 aromatic rings. The molecule has 28 heavy (non-hydrogen) atoms. The minimum atomic E-state index is 0.235. The highest BCUT2D eigenvalue weighted by atomic mass is 16.5. The fourth-order valence-electron chi connectivity index (χ4n) is 4.32. The van der Waals surface area contributed by atoms with Crippen LogP contribution >= 0.6 is 0 Å². The highest BCUT2D eigenvalue weighted by molar-refractivity contribution is 5.80. The van der Waals surface area contributed by atoms with E-state index in [0.717, 1.165) is 42.0 Å². The highest BCUT2D eigenvalue weighted by Gasteiger charge is 2.32. The van der Waals surface area contributed by atoms with Crippen molar-refractivity contribution in [3.05, 3.63) is 23.3 Å². The van der Waals surface area contributed by atoms with Gasteiger partial charge in [0.05, 0.1) is 13.7 Å². The first-order chi connectivity index (χ1) is 13.7. The predicted molar refractivity (Wildman–Crippen MR) is 112 cm³/mol. The van der Waals surface area contributed by atoms with Crippen molar-refractivity contribution in [3.8, 4) is 11.5 Å². The predicted octanol–water partition coefficient (Wildman–Crippen LogP) is 2.70. The van der Waals surface area contributed by atoms with Crippen LogP contribution in [0.15, 0.2) is 17.1 Å². The van der Waals surface area contributed by atoms with Crippen molar-refractivity contribution in [1.82, 2.24) is 15.5 Å². The number of hydrogen-bond acceptors (Lipinski definition) is 4. The zero-order valence-electron chi connectivity index (χ0n) is 17.5. The number of piperidine rings is 1. The van der Waals surface area contributed by atoms with Crippen LogP contribution in [-0.2, 0) is 13.0 Å². The Morgan fingerprint density at radius 1 is 1.25 bits per heavy atom. The summed E-state index contributed by atoms with van der Waals surface area (Å²) < 4.78 is 11.5. The maximum Gasteiger partial charge on any atom is 0.191 e. The molecule has 0 bridgehead atoms. The molecule has 0 spiro atoms. The van der Waals surface area contributed by atoms with Crippen LogP contribution in [0.1, 0.15) is 50.7 Å². The summed E-state index contributed by atoms with van der Waals surface area (Å²) in [6.07, 6.45) is 6.35. The van der Waals surface area contributed by atoms with Gasteiger partial charge in [-0.2, -0.15) is 0 Å². The van der Waals surface area contributed by atoms with E-state index in [2.05, 4.69) is 41.5 Å². The van der Waals surface area contributed by atoms with Crippen molar-refractivity contribution in [2.45, 2.75) is 70.7 Å². The Morgan fingerprint density at radius 2 is 2.04 bits per heavy atom. The van der Waals surface area contributed by atoms with Gasteiger partial charge in [0.2, 0.25) is 0 Å². The lowest BCUT2D eigenvalue weighted by Gasteiger charge is -2.33. The molecule has 4 rings (SSSR count). The largest absolute Gasteiger partial charge is 0.496 e.